The van der Waals surface area contributed by atoms with Crippen molar-refractivity contribution in [2.45, 2.75) is 59.5 Å². The van der Waals surface area contributed by atoms with Gasteiger partial charge in [-0.1, -0.05) is 34.1 Å². The van der Waals surface area contributed by atoms with Gasteiger partial charge in [-0.3, -0.25) is 0 Å². The molecular formula is C16H28N2O. The van der Waals surface area contributed by atoms with Gasteiger partial charge >= 0.3 is 0 Å². The molecule has 0 fully saturated rings. The molecule has 0 atom stereocenters. The van der Waals surface area contributed by atoms with Crippen LogP contribution in [0.15, 0.2) is 12.1 Å². The lowest BCUT2D eigenvalue weighted by atomic mass is 9.91. The van der Waals surface area contributed by atoms with Crippen molar-refractivity contribution in [3.8, 4) is 0 Å². The quantitative estimate of drug-likeness (QED) is 0.854. The lowest BCUT2D eigenvalue weighted by molar-refractivity contribution is 0.281. The normalized spacial score (nSPS) is 11.7. The molecule has 1 aromatic rings. The second kappa shape index (κ2) is 6.90. The van der Waals surface area contributed by atoms with Crippen molar-refractivity contribution >= 4 is 5.82 Å². The number of aliphatic hydroxyl groups excluding tert-OH is 1. The molecule has 1 N–H and O–H groups in total. The molecule has 108 valence electrons. The third kappa shape index (κ3) is 4.50. The molecule has 1 aromatic heterocycles. The summed E-state index contributed by atoms with van der Waals surface area (Å²) in [4.78, 5) is 7.08. The predicted molar refractivity (Wildman–Crippen MR) is 81.7 cm³/mol. The highest BCUT2D eigenvalue weighted by molar-refractivity contribution is 5.43. The van der Waals surface area contributed by atoms with Crippen LogP contribution in [0.1, 0.15) is 58.7 Å². The first-order chi connectivity index (χ1) is 8.92. The number of nitrogens with zero attached hydrogens (tertiary/aromatic N) is 2. The predicted octanol–water partition coefficient (Wildman–Crippen LogP) is 3.50. The van der Waals surface area contributed by atoms with E-state index in [1.807, 2.05) is 12.1 Å². The van der Waals surface area contributed by atoms with E-state index in [1.54, 1.807) is 0 Å². The van der Waals surface area contributed by atoms with Crippen LogP contribution in [-0.4, -0.2) is 23.2 Å². The number of hydrogen-bond donors (Lipinski definition) is 1. The summed E-state index contributed by atoms with van der Waals surface area (Å²) in [5.41, 5.74) is 2.00. The van der Waals surface area contributed by atoms with E-state index in [9.17, 15) is 5.11 Å². The zero-order valence-electron chi connectivity index (χ0n) is 13.0. The number of aromatic nitrogens is 1. The summed E-state index contributed by atoms with van der Waals surface area (Å²) in [5.74, 6) is 0.993. The van der Waals surface area contributed by atoms with E-state index in [4.69, 9.17) is 4.98 Å². The molecule has 0 spiro atoms. The third-order valence-electron chi connectivity index (χ3n) is 3.31. The molecule has 0 bridgehead atoms. The van der Waals surface area contributed by atoms with Crippen LogP contribution in [-0.2, 0) is 12.0 Å². The Kier molecular flexibility index (Phi) is 5.80. The number of anilines is 1. The summed E-state index contributed by atoms with van der Waals surface area (Å²) in [6.07, 6.45) is 2.35. The van der Waals surface area contributed by atoms with E-state index < -0.39 is 0 Å². The minimum Gasteiger partial charge on any atom is -0.392 e. The van der Waals surface area contributed by atoms with Gasteiger partial charge in [0.25, 0.3) is 0 Å². The largest absolute Gasteiger partial charge is 0.392 e. The van der Waals surface area contributed by atoms with Crippen molar-refractivity contribution in [3.63, 3.8) is 0 Å². The van der Waals surface area contributed by atoms with Gasteiger partial charge < -0.3 is 10.0 Å². The SMILES string of the molecule is CCCCN(CC)c1cc(CO)cc(C(C)(C)C)n1. The van der Waals surface area contributed by atoms with Gasteiger partial charge in [-0.05, 0) is 31.0 Å². The lowest BCUT2D eigenvalue weighted by Crippen LogP contribution is -2.26. The van der Waals surface area contributed by atoms with Gasteiger partial charge in [-0.2, -0.15) is 0 Å². The summed E-state index contributed by atoms with van der Waals surface area (Å²) >= 11 is 0. The van der Waals surface area contributed by atoms with Gasteiger partial charge in [0.2, 0.25) is 0 Å². The van der Waals surface area contributed by atoms with Crippen LogP contribution in [0, 0.1) is 0 Å². The molecule has 3 heteroatoms. The van der Waals surface area contributed by atoms with Crippen molar-refractivity contribution in [1.29, 1.82) is 0 Å². The average molecular weight is 264 g/mol. The van der Waals surface area contributed by atoms with E-state index in [0.29, 0.717) is 0 Å². The standard InChI is InChI=1S/C16H28N2O/c1-6-8-9-18(7-2)15-11-13(12-19)10-14(17-15)16(3,4)5/h10-11,19H,6-9,12H2,1-5H3. The smallest absolute Gasteiger partial charge is 0.129 e. The molecule has 0 aliphatic rings. The van der Waals surface area contributed by atoms with Gasteiger partial charge in [0, 0.05) is 24.2 Å². The van der Waals surface area contributed by atoms with E-state index in [-0.39, 0.29) is 12.0 Å². The highest BCUT2D eigenvalue weighted by atomic mass is 16.3. The molecular weight excluding hydrogens is 236 g/mol. The van der Waals surface area contributed by atoms with Gasteiger partial charge in [0.1, 0.15) is 5.82 Å². The molecule has 0 amide bonds. The van der Waals surface area contributed by atoms with Crippen molar-refractivity contribution in [2.24, 2.45) is 0 Å². The average Bonchev–Trinajstić information content (AvgIpc) is 2.38. The topological polar surface area (TPSA) is 36.4 Å². The highest BCUT2D eigenvalue weighted by Crippen LogP contribution is 2.25. The minimum atomic E-state index is 0.00407. The monoisotopic (exact) mass is 264 g/mol. The fraction of sp³-hybridized carbons (Fsp3) is 0.688. The third-order valence-corrected chi connectivity index (χ3v) is 3.31. The summed E-state index contributed by atoms with van der Waals surface area (Å²) in [7, 11) is 0. The molecule has 0 aliphatic carbocycles. The molecule has 1 rings (SSSR count). The molecule has 0 aliphatic heterocycles. The van der Waals surface area contributed by atoms with Gasteiger partial charge in [-0.25, -0.2) is 4.98 Å². The number of unbranched alkanes of at least 4 members (excludes halogenated alkanes) is 1. The molecule has 0 saturated carbocycles. The number of pyridine rings is 1. The Bertz CT molecular complexity index is 396. The molecule has 1 heterocycles. The zero-order chi connectivity index (χ0) is 14.5. The van der Waals surface area contributed by atoms with Crippen molar-refractivity contribution < 1.29 is 5.11 Å². The Hall–Kier alpha value is -1.09. The Morgan fingerprint density at radius 2 is 1.89 bits per heavy atom. The van der Waals surface area contributed by atoms with Crippen LogP contribution in [0.5, 0.6) is 0 Å². The van der Waals surface area contributed by atoms with E-state index >= 15 is 0 Å². The van der Waals surface area contributed by atoms with Crippen molar-refractivity contribution in [1.82, 2.24) is 4.98 Å². The summed E-state index contributed by atoms with van der Waals surface area (Å²) in [6, 6.07) is 4.02. The number of aliphatic hydroxyl groups is 1. The maximum Gasteiger partial charge on any atom is 0.129 e. The maximum absolute atomic E-state index is 9.44. The van der Waals surface area contributed by atoms with Crippen molar-refractivity contribution in [3.05, 3.63) is 23.4 Å². The summed E-state index contributed by atoms with van der Waals surface area (Å²) < 4.78 is 0. The van der Waals surface area contributed by atoms with E-state index in [0.717, 1.165) is 30.2 Å². The Morgan fingerprint density at radius 3 is 2.37 bits per heavy atom. The highest BCUT2D eigenvalue weighted by Gasteiger charge is 2.18. The van der Waals surface area contributed by atoms with Crippen LogP contribution >= 0.6 is 0 Å². The Balaban J connectivity index is 3.11. The molecule has 3 nitrogen and oxygen atoms in total. The first kappa shape index (κ1) is 16.0. The van der Waals surface area contributed by atoms with Crippen LogP contribution in [0.3, 0.4) is 0 Å². The van der Waals surface area contributed by atoms with E-state index in [2.05, 4.69) is 39.5 Å². The first-order valence-corrected chi connectivity index (χ1v) is 7.29. The van der Waals surface area contributed by atoms with Gasteiger partial charge in [-0.15, -0.1) is 0 Å². The fourth-order valence-corrected chi connectivity index (χ4v) is 1.99. The van der Waals surface area contributed by atoms with E-state index in [1.165, 1.54) is 12.8 Å². The molecule has 19 heavy (non-hydrogen) atoms. The first-order valence-electron chi connectivity index (χ1n) is 7.29. The number of hydrogen-bond acceptors (Lipinski definition) is 3. The molecule has 0 saturated heterocycles. The lowest BCUT2D eigenvalue weighted by Gasteiger charge is -2.26. The molecule has 0 aromatic carbocycles. The van der Waals surface area contributed by atoms with Crippen LogP contribution in [0.25, 0.3) is 0 Å². The summed E-state index contributed by atoms with van der Waals surface area (Å²) in [5, 5.41) is 9.44. The second-order valence-corrected chi connectivity index (χ2v) is 6.06. The van der Waals surface area contributed by atoms with Crippen LogP contribution in [0.2, 0.25) is 0 Å². The van der Waals surface area contributed by atoms with Crippen molar-refractivity contribution in [2.75, 3.05) is 18.0 Å². The Morgan fingerprint density at radius 1 is 1.21 bits per heavy atom. The second-order valence-electron chi connectivity index (χ2n) is 6.06. The Labute approximate surface area is 117 Å². The molecule has 0 radical (unpaired) electrons. The van der Waals surface area contributed by atoms with Crippen LogP contribution in [0.4, 0.5) is 5.82 Å². The van der Waals surface area contributed by atoms with Gasteiger partial charge in [0.15, 0.2) is 0 Å². The summed E-state index contributed by atoms with van der Waals surface area (Å²) in [6.45, 7) is 12.9. The minimum absolute atomic E-state index is 0.00407. The van der Waals surface area contributed by atoms with Crippen LogP contribution < -0.4 is 4.90 Å². The number of rotatable bonds is 6. The maximum atomic E-state index is 9.44. The molecule has 0 unspecified atom stereocenters. The fourth-order valence-electron chi connectivity index (χ4n) is 1.99. The van der Waals surface area contributed by atoms with Gasteiger partial charge in [0.05, 0.1) is 6.61 Å². The zero-order valence-corrected chi connectivity index (χ0v) is 13.0.